The van der Waals surface area contributed by atoms with Crippen molar-refractivity contribution in [2.45, 2.75) is 44.7 Å². The molecule has 9 heteroatoms. The number of hydrogen-bond donors (Lipinski definition) is 1. The molecule has 0 saturated carbocycles. The summed E-state index contributed by atoms with van der Waals surface area (Å²) < 4.78 is 28.6. The SMILES string of the molecule is CCNC(=O)[C@H](CC)N(Cc1ccccc1Cl)C(=O)CN(c1cccc(C)c1)S(=O)(=O)c1ccccc1. The van der Waals surface area contributed by atoms with Crippen LogP contribution in [-0.2, 0) is 26.2 Å². The Balaban J connectivity index is 2.06. The van der Waals surface area contributed by atoms with Crippen LogP contribution in [0.5, 0.6) is 0 Å². The molecule has 1 atom stereocenters. The Morgan fingerprint density at radius 2 is 1.62 bits per heavy atom. The van der Waals surface area contributed by atoms with Crippen molar-refractivity contribution >= 4 is 39.1 Å². The van der Waals surface area contributed by atoms with Crippen LogP contribution in [0.25, 0.3) is 0 Å². The normalized spacial score (nSPS) is 12.0. The van der Waals surface area contributed by atoms with E-state index in [4.69, 9.17) is 11.6 Å². The number of nitrogens with zero attached hydrogens (tertiary/aromatic N) is 2. The number of anilines is 1. The van der Waals surface area contributed by atoms with Gasteiger partial charge in [-0.05, 0) is 61.7 Å². The number of benzene rings is 3. The van der Waals surface area contributed by atoms with E-state index in [0.717, 1.165) is 9.87 Å². The summed E-state index contributed by atoms with van der Waals surface area (Å²) in [6.07, 6.45) is 0.345. The molecule has 0 bridgehead atoms. The van der Waals surface area contributed by atoms with Gasteiger partial charge in [-0.3, -0.25) is 13.9 Å². The van der Waals surface area contributed by atoms with Gasteiger partial charge in [-0.25, -0.2) is 8.42 Å². The minimum atomic E-state index is -4.08. The third kappa shape index (κ3) is 6.90. The Hall–Kier alpha value is -3.36. The van der Waals surface area contributed by atoms with Gasteiger partial charge in [0.05, 0.1) is 10.6 Å². The lowest BCUT2D eigenvalue weighted by Crippen LogP contribution is -2.52. The summed E-state index contributed by atoms with van der Waals surface area (Å²) in [6, 6.07) is 21.2. The number of carbonyl (C=O) groups excluding carboxylic acids is 2. The molecule has 0 aliphatic heterocycles. The average molecular weight is 542 g/mol. The van der Waals surface area contributed by atoms with Crippen molar-refractivity contribution in [1.29, 1.82) is 0 Å². The zero-order valence-electron chi connectivity index (χ0n) is 21.2. The number of halogens is 1. The van der Waals surface area contributed by atoms with E-state index in [1.54, 1.807) is 67.6 Å². The number of amides is 2. The van der Waals surface area contributed by atoms with Crippen molar-refractivity contribution in [2.24, 2.45) is 0 Å². The van der Waals surface area contributed by atoms with Crippen molar-refractivity contribution in [3.8, 4) is 0 Å². The number of hydrogen-bond acceptors (Lipinski definition) is 4. The van der Waals surface area contributed by atoms with Gasteiger partial charge in [-0.1, -0.05) is 67.1 Å². The molecule has 0 aliphatic carbocycles. The van der Waals surface area contributed by atoms with Crippen LogP contribution < -0.4 is 9.62 Å². The second-order valence-electron chi connectivity index (χ2n) is 8.60. The maximum atomic E-state index is 13.9. The Kier molecular flexibility index (Phi) is 9.72. The highest BCUT2D eigenvalue weighted by Gasteiger charge is 2.33. The molecule has 1 N–H and O–H groups in total. The smallest absolute Gasteiger partial charge is 0.264 e. The first kappa shape index (κ1) is 28.2. The van der Waals surface area contributed by atoms with Crippen LogP contribution >= 0.6 is 11.6 Å². The molecule has 0 spiro atoms. The lowest BCUT2D eigenvalue weighted by atomic mass is 10.1. The highest BCUT2D eigenvalue weighted by atomic mass is 35.5. The summed E-state index contributed by atoms with van der Waals surface area (Å²) in [5.74, 6) is -0.822. The minimum absolute atomic E-state index is 0.0567. The van der Waals surface area contributed by atoms with Gasteiger partial charge < -0.3 is 10.2 Å². The molecule has 3 rings (SSSR count). The van der Waals surface area contributed by atoms with Crippen molar-refractivity contribution in [2.75, 3.05) is 17.4 Å². The molecule has 0 radical (unpaired) electrons. The fourth-order valence-electron chi connectivity index (χ4n) is 4.05. The first-order chi connectivity index (χ1) is 17.7. The molecule has 0 aromatic heterocycles. The minimum Gasteiger partial charge on any atom is -0.355 e. The van der Waals surface area contributed by atoms with Crippen LogP contribution in [0, 0.1) is 6.92 Å². The van der Waals surface area contributed by atoms with E-state index in [2.05, 4.69) is 5.32 Å². The summed E-state index contributed by atoms with van der Waals surface area (Å²) in [4.78, 5) is 28.3. The van der Waals surface area contributed by atoms with E-state index in [1.165, 1.54) is 17.0 Å². The first-order valence-corrected chi connectivity index (χ1v) is 14.0. The van der Waals surface area contributed by atoms with E-state index < -0.39 is 28.5 Å². The summed E-state index contributed by atoms with van der Waals surface area (Å²) in [6.45, 7) is 5.44. The lowest BCUT2D eigenvalue weighted by Gasteiger charge is -2.33. The maximum absolute atomic E-state index is 13.9. The molecule has 7 nitrogen and oxygen atoms in total. The first-order valence-electron chi connectivity index (χ1n) is 12.1. The van der Waals surface area contributed by atoms with E-state index >= 15 is 0 Å². The monoisotopic (exact) mass is 541 g/mol. The zero-order valence-corrected chi connectivity index (χ0v) is 22.8. The number of carbonyl (C=O) groups is 2. The molecule has 37 heavy (non-hydrogen) atoms. The van der Waals surface area contributed by atoms with Crippen molar-refractivity contribution in [3.05, 3.63) is 95.0 Å². The van der Waals surface area contributed by atoms with E-state index in [0.29, 0.717) is 29.2 Å². The molecule has 0 heterocycles. The largest absolute Gasteiger partial charge is 0.355 e. The molecule has 0 fully saturated rings. The highest BCUT2D eigenvalue weighted by molar-refractivity contribution is 7.92. The van der Waals surface area contributed by atoms with Crippen LogP contribution in [0.15, 0.2) is 83.8 Å². The van der Waals surface area contributed by atoms with Gasteiger partial charge in [0.2, 0.25) is 11.8 Å². The van der Waals surface area contributed by atoms with Crippen LogP contribution in [0.1, 0.15) is 31.4 Å². The Morgan fingerprint density at radius 3 is 2.24 bits per heavy atom. The van der Waals surface area contributed by atoms with Crippen LogP contribution in [0.2, 0.25) is 5.02 Å². The number of aryl methyl sites for hydroxylation is 1. The third-order valence-electron chi connectivity index (χ3n) is 5.94. The molecule has 3 aromatic carbocycles. The van der Waals surface area contributed by atoms with Crippen LogP contribution in [0.3, 0.4) is 0 Å². The number of nitrogens with one attached hydrogen (secondary N) is 1. The van der Waals surface area contributed by atoms with Gasteiger partial charge in [0.15, 0.2) is 0 Å². The summed E-state index contributed by atoms with van der Waals surface area (Å²) in [5, 5.41) is 3.24. The fraction of sp³-hybridized carbons (Fsp3) is 0.286. The van der Waals surface area contributed by atoms with E-state index in [-0.39, 0.29) is 17.3 Å². The van der Waals surface area contributed by atoms with Crippen LogP contribution in [0.4, 0.5) is 5.69 Å². The van der Waals surface area contributed by atoms with Crippen LogP contribution in [-0.4, -0.2) is 44.3 Å². The Bertz CT molecular complexity index is 1330. The summed E-state index contributed by atoms with van der Waals surface area (Å²) >= 11 is 6.39. The molecule has 0 aliphatic rings. The lowest BCUT2D eigenvalue weighted by molar-refractivity contribution is -0.140. The van der Waals surface area contributed by atoms with Gasteiger partial charge in [-0.2, -0.15) is 0 Å². The van der Waals surface area contributed by atoms with Gasteiger partial charge in [0.1, 0.15) is 12.6 Å². The highest BCUT2D eigenvalue weighted by Crippen LogP contribution is 2.26. The standard InChI is InChI=1S/C28H32ClN3O4S/c1-4-26(28(34)30-5-2)31(19-22-13-9-10-17-25(22)29)27(33)20-32(23-14-11-12-21(3)18-23)37(35,36)24-15-7-6-8-16-24/h6-18,26H,4-5,19-20H2,1-3H3,(H,30,34)/t26-/m0/s1. The molecule has 0 saturated heterocycles. The van der Waals surface area contributed by atoms with Crippen molar-refractivity contribution in [1.82, 2.24) is 10.2 Å². The number of likely N-dealkylation sites (N-methyl/N-ethyl adjacent to an activating group) is 1. The van der Waals surface area contributed by atoms with Gasteiger partial charge in [-0.15, -0.1) is 0 Å². The summed E-state index contributed by atoms with van der Waals surface area (Å²) in [5.41, 5.74) is 1.87. The molecule has 3 aromatic rings. The molecule has 2 amide bonds. The van der Waals surface area contributed by atoms with Crippen molar-refractivity contribution in [3.63, 3.8) is 0 Å². The quantitative estimate of drug-likeness (QED) is 0.378. The molecule has 0 unspecified atom stereocenters. The van der Waals surface area contributed by atoms with Crippen molar-refractivity contribution < 1.29 is 18.0 Å². The molecular formula is C28H32ClN3O4S. The van der Waals surface area contributed by atoms with Gasteiger partial charge in [0.25, 0.3) is 10.0 Å². The van der Waals surface area contributed by atoms with E-state index in [9.17, 15) is 18.0 Å². The predicted octanol–water partition coefficient (Wildman–Crippen LogP) is 4.79. The fourth-order valence-corrected chi connectivity index (χ4v) is 5.68. The van der Waals surface area contributed by atoms with Gasteiger partial charge in [0, 0.05) is 18.1 Å². The molecule has 196 valence electrons. The number of sulfonamides is 1. The summed E-state index contributed by atoms with van der Waals surface area (Å²) in [7, 11) is -4.08. The van der Waals surface area contributed by atoms with E-state index in [1.807, 2.05) is 19.9 Å². The second-order valence-corrected chi connectivity index (χ2v) is 10.9. The number of rotatable bonds is 11. The average Bonchev–Trinajstić information content (AvgIpc) is 2.88. The van der Waals surface area contributed by atoms with Gasteiger partial charge >= 0.3 is 0 Å². The maximum Gasteiger partial charge on any atom is 0.264 e. The zero-order chi connectivity index (χ0) is 27.0. The Morgan fingerprint density at radius 1 is 0.946 bits per heavy atom. The topological polar surface area (TPSA) is 86.8 Å². The third-order valence-corrected chi connectivity index (χ3v) is 8.09. The second kappa shape index (κ2) is 12.7. The Labute approximate surface area is 224 Å². The molecular weight excluding hydrogens is 510 g/mol. The predicted molar refractivity (Wildman–Crippen MR) is 147 cm³/mol.